The zero-order valence-electron chi connectivity index (χ0n) is 7.81. The van der Waals surface area contributed by atoms with E-state index in [4.69, 9.17) is 11.6 Å². The summed E-state index contributed by atoms with van der Waals surface area (Å²) in [6, 6.07) is 0. The lowest BCUT2D eigenvalue weighted by Crippen LogP contribution is -2.57. The van der Waals surface area contributed by atoms with Gasteiger partial charge < -0.3 is 5.32 Å². The van der Waals surface area contributed by atoms with E-state index in [1.165, 1.54) is 0 Å². The molecule has 0 atom stereocenters. The fourth-order valence-corrected chi connectivity index (χ4v) is 1.61. The topological polar surface area (TPSA) is 15.3 Å². The standard InChI is InChI=1S/C9H17ClN2/c1-9(2)8-11-5-7-12(9)6-3-4-10/h3-4,11H,5-8H2,1-2H3/b4-3+. The first-order chi connectivity index (χ1) is 5.67. The average Bonchev–Trinajstić information content (AvgIpc) is 2.02. The number of hydrogen-bond donors (Lipinski definition) is 1. The maximum absolute atomic E-state index is 5.49. The maximum Gasteiger partial charge on any atom is 0.0281 e. The highest BCUT2D eigenvalue weighted by Crippen LogP contribution is 2.15. The van der Waals surface area contributed by atoms with Gasteiger partial charge in [-0.2, -0.15) is 0 Å². The van der Waals surface area contributed by atoms with E-state index in [2.05, 4.69) is 24.1 Å². The van der Waals surface area contributed by atoms with Crippen molar-refractivity contribution in [1.29, 1.82) is 0 Å². The molecule has 0 aromatic carbocycles. The second-order valence-electron chi connectivity index (χ2n) is 3.80. The van der Waals surface area contributed by atoms with Gasteiger partial charge >= 0.3 is 0 Å². The van der Waals surface area contributed by atoms with Crippen molar-refractivity contribution in [2.24, 2.45) is 0 Å². The molecule has 0 amide bonds. The molecule has 1 N–H and O–H groups in total. The van der Waals surface area contributed by atoms with Crippen molar-refractivity contribution < 1.29 is 0 Å². The molecule has 1 fully saturated rings. The minimum absolute atomic E-state index is 0.259. The minimum Gasteiger partial charge on any atom is -0.314 e. The average molecular weight is 189 g/mol. The Balaban J connectivity index is 2.48. The highest BCUT2D eigenvalue weighted by molar-refractivity contribution is 6.25. The molecule has 0 bridgehead atoms. The molecule has 1 aliphatic rings. The van der Waals surface area contributed by atoms with Gasteiger partial charge in [-0.15, -0.1) is 0 Å². The van der Waals surface area contributed by atoms with Gasteiger partial charge in [0.1, 0.15) is 0 Å². The van der Waals surface area contributed by atoms with Crippen LogP contribution < -0.4 is 5.32 Å². The molecule has 0 spiro atoms. The normalized spacial score (nSPS) is 24.9. The van der Waals surface area contributed by atoms with Crippen LogP contribution in [0.5, 0.6) is 0 Å². The minimum atomic E-state index is 0.259. The van der Waals surface area contributed by atoms with Crippen LogP contribution in [-0.2, 0) is 0 Å². The summed E-state index contributed by atoms with van der Waals surface area (Å²) in [6.07, 6.45) is 1.99. The SMILES string of the molecule is CC1(C)CNCCN1C/C=C/Cl. The third-order valence-electron chi connectivity index (χ3n) is 2.39. The quantitative estimate of drug-likeness (QED) is 0.706. The Kier molecular flexibility index (Phi) is 3.56. The molecule has 0 aromatic heterocycles. The van der Waals surface area contributed by atoms with Gasteiger partial charge in [-0.1, -0.05) is 17.7 Å². The Morgan fingerprint density at radius 1 is 1.58 bits per heavy atom. The Bertz CT molecular complexity index is 166. The van der Waals surface area contributed by atoms with Crippen LogP contribution in [0.4, 0.5) is 0 Å². The van der Waals surface area contributed by atoms with E-state index < -0.39 is 0 Å². The van der Waals surface area contributed by atoms with Gasteiger partial charge in [0.15, 0.2) is 0 Å². The largest absolute Gasteiger partial charge is 0.314 e. The molecule has 1 heterocycles. The van der Waals surface area contributed by atoms with Crippen molar-refractivity contribution in [3.63, 3.8) is 0 Å². The molecule has 2 nitrogen and oxygen atoms in total. The van der Waals surface area contributed by atoms with E-state index in [0.29, 0.717) is 0 Å². The number of nitrogens with one attached hydrogen (secondary N) is 1. The van der Waals surface area contributed by atoms with Crippen LogP contribution >= 0.6 is 11.6 Å². The van der Waals surface area contributed by atoms with Crippen molar-refractivity contribution in [1.82, 2.24) is 10.2 Å². The summed E-state index contributed by atoms with van der Waals surface area (Å²) >= 11 is 5.49. The summed E-state index contributed by atoms with van der Waals surface area (Å²) in [7, 11) is 0. The second kappa shape index (κ2) is 4.26. The van der Waals surface area contributed by atoms with Gasteiger partial charge in [-0.3, -0.25) is 4.90 Å². The lowest BCUT2D eigenvalue weighted by atomic mass is 10.0. The van der Waals surface area contributed by atoms with Crippen molar-refractivity contribution in [2.75, 3.05) is 26.2 Å². The van der Waals surface area contributed by atoms with E-state index >= 15 is 0 Å². The van der Waals surface area contributed by atoms with Gasteiger partial charge in [-0.25, -0.2) is 0 Å². The number of halogens is 1. The summed E-state index contributed by atoms with van der Waals surface area (Å²) in [5.41, 5.74) is 1.85. The van der Waals surface area contributed by atoms with E-state index in [-0.39, 0.29) is 5.54 Å². The highest BCUT2D eigenvalue weighted by atomic mass is 35.5. The van der Waals surface area contributed by atoms with Gasteiger partial charge in [0, 0.05) is 37.3 Å². The van der Waals surface area contributed by atoms with Crippen LogP contribution in [0.25, 0.3) is 0 Å². The highest BCUT2D eigenvalue weighted by Gasteiger charge is 2.28. The van der Waals surface area contributed by atoms with Crippen LogP contribution in [-0.4, -0.2) is 36.6 Å². The molecule has 0 aliphatic carbocycles. The smallest absolute Gasteiger partial charge is 0.0281 e. The first-order valence-corrected chi connectivity index (χ1v) is 4.81. The first-order valence-electron chi connectivity index (χ1n) is 4.38. The zero-order chi connectivity index (χ0) is 9.03. The van der Waals surface area contributed by atoms with Crippen molar-refractivity contribution in [3.05, 3.63) is 11.6 Å². The van der Waals surface area contributed by atoms with Crippen molar-refractivity contribution >= 4 is 11.6 Å². The fourth-order valence-electron chi connectivity index (χ4n) is 1.53. The second-order valence-corrected chi connectivity index (χ2v) is 4.05. The van der Waals surface area contributed by atoms with Crippen LogP contribution in [0.2, 0.25) is 0 Å². The molecule has 1 saturated heterocycles. The molecular formula is C9H17ClN2. The van der Waals surface area contributed by atoms with E-state index in [1.54, 1.807) is 5.54 Å². The summed E-state index contributed by atoms with van der Waals surface area (Å²) in [5, 5.41) is 3.38. The molecule has 1 aliphatic heterocycles. The molecule has 1 rings (SSSR count). The fraction of sp³-hybridized carbons (Fsp3) is 0.778. The summed E-state index contributed by atoms with van der Waals surface area (Å²) in [5.74, 6) is 0. The number of hydrogen-bond acceptors (Lipinski definition) is 2. The number of nitrogens with zero attached hydrogens (tertiary/aromatic N) is 1. The third-order valence-corrected chi connectivity index (χ3v) is 2.57. The Morgan fingerprint density at radius 3 is 2.92 bits per heavy atom. The third kappa shape index (κ3) is 2.47. The van der Waals surface area contributed by atoms with Crippen LogP contribution in [0.1, 0.15) is 13.8 Å². The van der Waals surface area contributed by atoms with Gasteiger partial charge in [-0.05, 0) is 13.8 Å². The molecular weight excluding hydrogens is 172 g/mol. The first kappa shape index (κ1) is 10.0. The Morgan fingerprint density at radius 2 is 2.33 bits per heavy atom. The van der Waals surface area contributed by atoms with Gasteiger partial charge in [0.05, 0.1) is 0 Å². The molecule has 0 aromatic rings. The van der Waals surface area contributed by atoms with Crippen LogP contribution in [0, 0.1) is 0 Å². The lowest BCUT2D eigenvalue weighted by molar-refractivity contribution is 0.105. The molecule has 3 heteroatoms. The molecule has 0 unspecified atom stereocenters. The number of rotatable bonds is 2. The van der Waals surface area contributed by atoms with Crippen molar-refractivity contribution in [2.45, 2.75) is 19.4 Å². The van der Waals surface area contributed by atoms with Crippen molar-refractivity contribution in [3.8, 4) is 0 Å². The molecule has 0 saturated carbocycles. The molecule has 0 radical (unpaired) electrons. The Labute approximate surface area is 79.6 Å². The summed E-state index contributed by atoms with van der Waals surface area (Å²) in [4.78, 5) is 2.43. The summed E-state index contributed by atoms with van der Waals surface area (Å²) in [6.45, 7) is 8.71. The van der Waals surface area contributed by atoms with E-state index in [1.807, 2.05) is 6.08 Å². The molecule has 70 valence electrons. The van der Waals surface area contributed by atoms with Gasteiger partial charge in [0.25, 0.3) is 0 Å². The van der Waals surface area contributed by atoms with Crippen LogP contribution in [0.3, 0.4) is 0 Å². The summed E-state index contributed by atoms with van der Waals surface area (Å²) < 4.78 is 0. The zero-order valence-corrected chi connectivity index (χ0v) is 8.56. The van der Waals surface area contributed by atoms with E-state index in [0.717, 1.165) is 26.2 Å². The monoisotopic (exact) mass is 188 g/mol. The number of piperazine rings is 1. The lowest BCUT2D eigenvalue weighted by Gasteiger charge is -2.42. The maximum atomic E-state index is 5.49. The van der Waals surface area contributed by atoms with Crippen LogP contribution in [0.15, 0.2) is 11.6 Å². The Hall–Kier alpha value is -0.0500. The van der Waals surface area contributed by atoms with Gasteiger partial charge in [0.2, 0.25) is 0 Å². The predicted molar refractivity (Wildman–Crippen MR) is 53.5 cm³/mol. The van der Waals surface area contributed by atoms with E-state index in [9.17, 15) is 0 Å². The predicted octanol–water partition coefficient (Wildman–Crippen LogP) is 1.42. The molecule has 12 heavy (non-hydrogen) atoms.